The van der Waals surface area contributed by atoms with E-state index < -0.39 is 0 Å². The van der Waals surface area contributed by atoms with Gasteiger partial charge in [-0.05, 0) is 31.0 Å². The molecule has 6 nitrogen and oxygen atoms in total. The van der Waals surface area contributed by atoms with Crippen LogP contribution in [-0.2, 0) is 0 Å². The van der Waals surface area contributed by atoms with Gasteiger partial charge in [-0.15, -0.1) is 5.10 Å². The van der Waals surface area contributed by atoms with Crippen LogP contribution in [0, 0.1) is 0 Å². The van der Waals surface area contributed by atoms with Gasteiger partial charge in [-0.1, -0.05) is 6.07 Å². The van der Waals surface area contributed by atoms with Gasteiger partial charge < -0.3 is 9.64 Å². The Bertz CT molecular complexity index is 591. The van der Waals surface area contributed by atoms with Gasteiger partial charge in [0, 0.05) is 25.0 Å². The number of carbonyl (C=O) groups excluding carboxylic acids is 1. The minimum atomic E-state index is -0.0527. The van der Waals surface area contributed by atoms with E-state index >= 15 is 0 Å². The number of nitrogens with zero attached hydrogens (tertiary/aromatic N) is 4. The van der Waals surface area contributed by atoms with Crippen molar-refractivity contribution in [3.05, 3.63) is 48.4 Å². The fourth-order valence-electron chi connectivity index (χ4n) is 2.39. The predicted octanol–water partition coefficient (Wildman–Crippen LogP) is 1.56. The molecule has 21 heavy (non-hydrogen) atoms. The highest BCUT2D eigenvalue weighted by atomic mass is 16.5. The summed E-state index contributed by atoms with van der Waals surface area (Å²) in [4.78, 5) is 18.3. The maximum Gasteiger partial charge on any atom is 0.272 e. The summed E-state index contributed by atoms with van der Waals surface area (Å²) in [6, 6.07) is 8.90. The maximum atomic E-state index is 12.4. The Balaban J connectivity index is 1.64. The van der Waals surface area contributed by atoms with Crippen molar-refractivity contribution in [2.75, 3.05) is 13.1 Å². The number of pyridine rings is 1. The molecule has 2 aromatic heterocycles. The number of hydrogen-bond acceptors (Lipinski definition) is 5. The van der Waals surface area contributed by atoms with E-state index in [1.807, 2.05) is 6.07 Å². The van der Waals surface area contributed by atoms with Crippen molar-refractivity contribution in [3.63, 3.8) is 0 Å². The fourth-order valence-corrected chi connectivity index (χ4v) is 2.39. The van der Waals surface area contributed by atoms with E-state index in [4.69, 9.17) is 4.74 Å². The summed E-state index contributed by atoms with van der Waals surface area (Å²) < 4.78 is 5.78. The SMILES string of the molecule is O=C(c1ccccn1)N1CCCC(Oc2cccnn2)C1. The van der Waals surface area contributed by atoms with Crippen LogP contribution in [-0.4, -0.2) is 45.2 Å². The lowest BCUT2D eigenvalue weighted by atomic mass is 10.1. The highest BCUT2D eigenvalue weighted by molar-refractivity contribution is 5.92. The molecule has 1 unspecified atom stereocenters. The first kappa shape index (κ1) is 13.5. The third kappa shape index (κ3) is 3.34. The molecule has 1 aliphatic heterocycles. The predicted molar refractivity (Wildman–Crippen MR) is 75.8 cm³/mol. The van der Waals surface area contributed by atoms with Crippen molar-refractivity contribution < 1.29 is 9.53 Å². The van der Waals surface area contributed by atoms with Gasteiger partial charge in [0.1, 0.15) is 11.8 Å². The van der Waals surface area contributed by atoms with Gasteiger partial charge >= 0.3 is 0 Å². The number of amides is 1. The Morgan fingerprint density at radius 2 is 2.19 bits per heavy atom. The van der Waals surface area contributed by atoms with Crippen LogP contribution >= 0.6 is 0 Å². The van der Waals surface area contributed by atoms with Gasteiger partial charge in [0.2, 0.25) is 5.88 Å². The van der Waals surface area contributed by atoms with Gasteiger partial charge in [-0.3, -0.25) is 9.78 Å². The van der Waals surface area contributed by atoms with E-state index in [1.165, 1.54) is 0 Å². The minimum Gasteiger partial charge on any atom is -0.471 e. The van der Waals surface area contributed by atoms with Crippen LogP contribution in [0.2, 0.25) is 0 Å². The molecule has 0 aliphatic carbocycles. The summed E-state index contributed by atoms with van der Waals surface area (Å²) in [6.07, 6.45) is 4.99. The van der Waals surface area contributed by atoms with Crippen LogP contribution in [0.25, 0.3) is 0 Å². The largest absolute Gasteiger partial charge is 0.471 e. The molecule has 1 amide bonds. The molecular formula is C15H16N4O2. The summed E-state index contributed by atoms with van der Waals surface area (Å²) in [7, 11) is 0. The first-order chi connectivity index (χ1) is 10.3. The monoisotopic (exact) mass is 284 g/mol. The molecule has 1 saturated heterocycles. The standard InChI is InChI=1S/C15H16N4O2/c20-15(13-6-1-2-8-16-13)19-10-4-5-12(11-19)21-14-7-3-9-17-18-14/h1-3,6-9,12H,4-5,10-11H2. The topological polar surface area (TPSA) is 68.2 Å². The maximum absolute atomic E-state index is 12.4. The summed E-state index contributed by atoms with van der Waals surface area (Å²) in [5.74, 6) is 0.442. The molecular weight excluding hydrogens is 268 g/mol. The molecule has 1 aliphatic rings. The van der Waals surface area contributed by atoms with E-state index in [0.29, 0.717) is 18.1 Å². The molecule has 108 valence electrons. The van der Waals surface area contributed by atoms with Gasteiger partial charge in [0.25, 0.3) is 5.91 Å². The minimum absolute atomic E-state index is 0.0527. The number of piperidine rings is 1. The number of rotatable bonds is 3. The van der Waals surface area contributed by atoms with Crippen LogP contribution in [0.4, 0.5) is 0 Å². The Morgan fingerprint density at radius 1 is 1.24 bits per heavy atom. The third-order valence-corrected chi connectivity index (χ3v) is 3.38. The molecule has 3 rings (SSSR count). The molecule has 2 aromatic rings. The summed E-state index contributed by atoms with van der Waals surface area (Å²) in [5.41, 5.74) is 0.470. The molecule has 1 atom stereocenters. The molecule has 0 aromatic carbocycles. The lowest BCUT2D eigenvalue weighted by Gasteiger charge is -2.32. The van der Waals surface area contributed by atoms with Crippen molar-refractivity contribution in [1.29, 1.82) is 0 Å². The van der Waals surface area contributed by atoms with Crippen molar-refractivity contribution >= 4 is 5.91 Å². The summed E-state index contributed by atoms with van der Waals surface area (Å²) in [6.45, 7) is 1.28. The van der Waals surface area contributed by atoms with Crippen LogP contribution in [0.5, 0.6) is 5.88 Å². The second-order valence-electron chi connectivity index (χ2n) is 4.91. The quantitative estimate of drug-likeness (QED) is 0.855. The van der Waals surface area contributed by atoms with E-state index in [0.717, 1.165) is 19.4 Å². The molecule has 0 spiro atoms. The first-order valence-corrected chi connectivity index (χ1v) is 6.97. The normalized spacial score (nSPS) is 18.3. The second-order valence-corrected chi connectivity index (χ2v) is 4.91. The molecule has 0 N–H and O–H groups in total. The zero-order chi connectivity index (χ0) is 14.5. The highest BCUT2D eigenvalue weighted by Gasteiger charge is 2.26. The third-order valence-electron chi connectivity index (χ3n) is 3.38. The Labute approximate surface area is 122 Å². The van der Waals surface area contributed by atoms with E-state index in [-0.39, 0.29) is 12.0 Å². The zero-order valence-corrected chi connectivity index (χ0v) is 11.6. The summed E-state index contributed by atoms with van der Waals surface area (Å²) in [5, 5.41) is 7.70. The molecule has 0 saturated carbocycles. The number of ether oxygens (including phenoxy) is 1. The van der Waals surface area contributed by atoms with Crippen LogP contribution in [0.1, 0.15) is 23.3 Å². The number of aromatic nitrogens is 3. The van der Waals surface area contributed by atoms with Gasteiger partial charge in [0.15, 0.2) is 0 Å². The molecule has 0 radical (unpaired) electrons. The lowest BCUT2D eigenvalue weighted by molar-refractivity contribution is 0.0520. The number of likely N-dealkylation sites (tertiary alicyclic amines) is 1. The number of carbonyl (C=O) groups is 1. The fraction of sp³-hybridized carbons (Fsp3) is 0.333. The van der Waals surface area contributed by atoms with Gasteiger partial charge in [-0.25, -0.2) is 0 Å². The van der Waals surface area contributed by atoms with Crippen LogP contribution < -0.4 is 4.74 Å². The van der Waals surface area contributed by atoms with Gasteiger partial charge in [-0.2, -0.15) is 5.10 Å². The zero-order valence-electron chi connectivity index (χ0n) is 11.6. The highest BCUT2D eigenvalue weighted by Crippen LogP contribution is 2.17. The molecule has 3 heterocycles. The van der Waals surface area contributed by atoms with Crippen molar-refractivity contribution in [2.45, 2.75) is 18.9 Å². The van der Waals surface area contributed by atoms with Crippen LogP contribution in [0.15, 0.2) is 42.7 Å². The number of hydrogen-bond donors (Lipinski definition) is 0. The van der Waals surface area contributed by atoms with Crippen molar-refractivity contribution in [3.8, 4) is 5.88 Å². The Kier molecular flexibility index (Phi) is 4.04. The van der Waals surface area contributed by atoms with E-state index in [9.17, 15) is 4.79 Å². The van der Waals surface area contributed by atoms with Crippen molar-refractivity contribution in [2.24, 2.45) is 0 Å². The summed E-state index contributed by atoms with van der Waals surface area (Å²) >= 11 is 0. The average molecular weight is 284 g/mol. The average Bonchev–Trinajstić information content (AvgIpc) is 2.56. The Hall–Kier alpha value is -2.50. The molecule has 6 heteroatoms. The second kappa shape index (κ2) is 6.30. The van der Waals surface area contributed by atoms with E-state index in [1.54, 1.807) is 41.6 Å². The van der Waals surface area contributed by atoms with E-state index in [2.05, 4.69) is 15.2 Å². The first-order valence-electron chi connectivity index (χ1n) is 6.97. The van der Waals surface area contributed by atoms with Gasteiger partial charge in [0.05, 0.1) is 6.54 Å². The van der Waals surface area contributed by atoms with Crippen molar-refractivity contribution in [1.82, 2.24) is 20.1 Å². The smallest absolute Gasteiger partial charge is 0.272 e. The Morgan fingerprint density at radius 3 is 2.95 bits per heavy atom. The molecule has 0 bridgehead atoms. The van der Waals surface area contributed by atoms with Crippen LogP contribution in [0.3, 0.4) is 0 Å². The molecule has 1 fully saturated rings. The lowest BCUT2D eigenvalue weighted by Crippen LogP contribution is -2.44.